The monoisotopic (exact) mass is 289 g/mol. The Hall–Kier alpha value is -0.170. The number of rotatable bonds is 5. The van der Waals surface area contributed by atoms with Crippen LogP contribution in [0.2, 0.25) is 0 Å². The van der Waals surface area contributed by atoms with Gasteiger partial charge in [0.1, 0.15) is 0 Å². The van der Waals surface area contributed by atoms with Gasteiger partial charge in [0.2, 0.25) is 10.0 Å². The zero-order chi connectivity index (χ0) is 13.9. The first-order valence-corrected chi connectivity index (χ1v) is 8.95. The van der Waals surface area contributed by atoms with Gasteiger partial charge in [-0.2, -0.15) is 0 Å². The van der Waals surface area contributed by atoms with Crippen LogP contribution in [0.25, 0.3) is 0 Å². The molecule has 1 aliphatic carbocycles. The van der Waals surface area contributed by atoms with E-state index in [2.05, 4.69) is 28.8 Å². The van der Waals surface area contributed by atoms with E-state index < -0.39 is 10.0 Å². The molecule has 5 nitrogen and oxygen atoms in total. The van der Waals surface area contributed by atoms with E-state index in [1.807, 2.05) is 0 Å². The van der Waals surface area contributed by atoms with Crippen molar-refractivity contribution in [1.29, 1.82) is 0 Å². The van der Waals surface area contributed by atoms with Crippen LogP contribution in [0.3, 0.4) is 0 Å². The summed E-state index contributed by atoms with van der Waals surface area (Å²) in [6.07, 6.45) is 3.04. The maximum absolute atomic E-state index is 12.1. The molecule has 1 aliphatic heterocycles. The molecule has 2 rings (SSSR count). The van der Waals surface area contributed by atoms with Gasteiger partial charge in [-0.25, -0.2) is 13.1 Å². The molecule has 19 heavy (non-hydrogen) atoms. The quantitative estimate of drug-likeness (QED) is 0.769. The van der Waals surface area contributed by atoms with Crippen LogP contribution in [0.15, 0.2) is 0 Å². The number of sulfonamides is 1. The van der Waals surface area contributed by atoms with Crippen molar-refractivity contribution >= 4 is 10.0 Å². The molecule has 1 saturated heterocycles. The molecule has 6 heteroatoms. The Balaban J connectivity index is 1.75. The normalized spacial score (nSPS) is 28.6. The lowest BCUT2D eigenvalue weighted by Gasteiger charge is -2.27. The Morgan fingerprint density at radius 2 is 2.00 bits per heavy atom. The molecule has 0 bridgehead atoms. The third-order valence-electron chi connectivity index (χ3n) is 4.20. The molecule has 0 aromatic carbocycles. The smallest absolute Gasteiger partial charge is 0.213 e. The fourth-order valence-electron chi connectivity index (χ4n) is 3.03. The van der Waals surface area contributed by atoms with Gasteiger partial charge in [-0.3, -0.25) is 4.90 Å². The number of hydrogen-bond acceptors (Lipinski definition) is 4. The van der Waals surface area contributed by atoms with Gasteiger partial charge >= 0.3 is 0 Å². The highest BCUT2D eigenvalue weighted by atomic mass is 32.2. The molecule has 1 atom stereocenters. The molecule has 2 aliphatic rings. The van der Waals surface area contributed by atoms with E-state index in [1.54, 1.807) is 0 Å². The van der Waals surface area contributed by atoms with Crippen molar-refractivity contribution < 1.29 is 8.42 Å². The Bertz CT molecular complexity index is 389. The zero-order valence-electron chi connectivity index (χ0n) is 12.1. The molecule has 0 amide bonds. The summed E-state index contributed by atoms with van der Waals surface area (Å²) in [7, 11) is -3.13. The summed E-state index contributed by atoms with van der Waals surface area (Å²) < 4.78 is 27.1. The molecule has 0 radical (unpaired) electrons. The topological polar surface area (TPSA) is 61.4 Å². The summed E-state index contributed by atoms with van der Waals surface area (Å²) in [5.41, 5.74) is 0.283. The third kappa shape index (κ3) is 5.02. The van der Waals surface area contributed by atoms with E-state index in [-0.39, 0.29) is 17.2 Å². The Morgan fingerprint density at radius 1 is 1.32 bits per heavy atom. The zero-order valence-corrected chi connectivity index (χ0v) is 12.9. The maximum Gasteiger partial charge on any atom is 0.213 e. The van der Waals surface area contributed by atoms with Crippen LogP contribution in [0, 0.1) is 5.41 Å². The van der Waals surface area contributed by atoms with Gasteiger partial charge in [0.15, 0.2) is 0 Å². The summed E-state index contributed by atoms with van der Waals surface area (Å²) in [6, 6.07) is 0.142. The Labute approximate surface area is 117 Å². The molecule has 0 spiro atoms. The van der Waals surface area contributed by atoms with Crippen molar-refractivity contribution in [2.45, 2.75) is 39.2 Å². The van der Waals surface area contributed by atoms with Gasteiger partial charge in [0.05, 0.1) is 5.75 Å². The van der Waals surface area contributed by atoms with Gasteiger partial charge in [0.25, 0.3) is 0 Å². The van der Waals surface area contributed by atoms with Crippen LogP contribution >= 0.6 is 0 Å². The van der Waals surface area contributed by atoms with Gasteiger partial charge in [-0.05, 0) is 24.7 Å². The van der Waals surface area contributed by atoms with Gasteiger partial charge in [0, 0.05) is 38.8 Å². The number of nitrogens with zero attached hydrogens (tertiary/aromatic N) is 1. The van der Waals surface area contributed by atoms with Gasteiger partial charge in [-0.15, -0.1) is 0 Å². The minimum Gasteiger partial charge on any atom is -0.314 e. The highest BCUT2D eigenvalue weighted by Gasteiger charge is 2.33. The molecule has 2 N–H and O–H groups in total. The molecular weight excluding hydrogens is 262 g/mol. The average Bonchev–Trinajstić information content (AvgIpc) is 2.67. The Morgan fingerprint density at radius 3 is 2.58 bits per heavy atom. The van der Waals surface area contributed by atoms with Crippen LogP contribution < -0.4 is 10.0 Å². The molecule has 0 aromatic heterocycles. The standard InChI is InChI=1S/C13H27N3O2S/c1-13(2)4-3-12(11-13)15-19(17,18)10-9-16-7-5-14-6-8-16/h12,14-15H,3-11H2,1-2H3. The second-order valence-electron chi connectivity index (χ2n) is 6.63. The van der Waals surface area contributed by atoms with Crippen molar-refractivity contribution in [1.82, 2.24) is 14.9 Å². The minimum atomic E-state index is -3.13. The highest BCUT2D eigenvalue weighted by molar-refractivity contribution is 7.89. The first-order valence-electron chi connectivity index (χ1n) is 7.29. The molecule has 112 valence electrons. The predicted molar refractivity (Wildman–Crippen MR) is 77.7 cm³/mol. The van der Waals surface area contributed by atoms with Crippen molar-refractivity contribution in [3.8, 4) is 0 Å². The molecule has 1 saturated carbocycles. The summed E-state index contributed by atoms with van der Waals surface area (Å²) in [5, 5.41) is 3.27. The second-order valence-corrected chi connectivity index (χ2v) is 8.51. The van der Waals surface area contributed by atoms with Gasteiger partial charge < -0.3 is 5.32 Å². The molecular formula is C13H27N3O2S. The van der Waals surface area contributed by atoms with E-state index in [0.29, 0.717) is 6.54 Å². The summed E-state index contributed by atoms with van der Waals surface area (Å²) >= 11 is 0. The average molecular weight is 289 g/mol. The Kier molecular flexibility index (Phi) is 4.87. The lowest BCUT2D eigenvalue weighted by atomic mass is 9.92. The summed E-state index contributed by atoms with van der Waals surface area (Å²) in [6.45, 7) is 8.89. The van der Waals surface area contributed by atoms with Gasteiger partial charge in [-0.1, -0.05) is 13.8 Å². The van der Waals surface area contributed by atoms with Crippen LogP contribution in [0.1, 0.15) is 33.1 Å². The lowest BCUT2D eigenvalue weighted by molar-refractivity contribution is 0.253. The number of piperazine rings is 1. The van der Waals surface area contributed by atoms with E-state index in [1.165, 1.54) is 0 Å². The fraction of sp³-hybridized carbons (Fsp3) is 1.00. The largest absolute Gasteiger partial charge is 0.314 e. The highest BCUT2D eigenvalue weighted by Crippen LogP contribution is 2.37. The van der Waals surface area contributed by atoms with Crippen LogP contribution in [-0.2, 0) is 10.0 Å². The van der Waals surface area contributed by atoms with Crippen molar-refractivity contribution in [3.63, 3.8) is 0 Å². The first-order chi connectivity index (χ1) is 8.86. The summed E-state index contributed by atoms with van der Waals surface area (Å²) in [4.78, 5) is 2.22. The van der Waals surface area contributed by atoms with E-state index >= 15 is 0 Å². The van der Waals surface area contributed by atoms with E-state index in [0.717, 1.165) is 45.4 Å². The van der Waals surface area contributed by atoms with Crippen LogP contribution in [-0.4, -0.2) is 57.8 Å². The second kappa shape index (κ2) is 6.08. The first kappa shape index (κ1) is 15.2. The molecule has 1 unspecified atom stereocenters. The molecule has 0 aromatic rings. The third-order valence-corrected chi connectivity index (χ3v) is 5.61. The molecule has 1 heterocycles. The minimum absolute atomic E-state index is 0.142. The fourth-order valence-corrected chi connectivity index (χ4v) is 4.36. The number of nitrogens with one attached hydrogen (secondary N) is 2. The maximum atomic E-state index is 12.1. The SMILES string of the molecule is CC1(C)CCC(NS(=O)(=O)CCN2CCNCC2)C1. The predicted octanol–water partition coefficient (Wildman–Crippen LogP) is 0.390. The summed E-state index contributed by atoms with van der Waals surface area (Å²) in [5.74, 6) is 0.226. The van der Waals surface area contributed by atoms with Crippen LogP contribution in [0.4, 0.5) is 0 Å². The van der Waals surface area contributed by atoms with Crippen molar-refractivity contribution in [2.75, 3.05) is 38.5 Å². The van der Waals surface area contributed by atoms with E-state index in [9.17, 15) is 8.42 Å². The lowest BCUT2D eigenvalue weighted by Crippen LogP contribution is -2.46. The van der Waals surface area contributed by atoms with Crippen molar-refractivity contribution in [2.24, 2.45) is 5.41 Å². The van der Waals surface area contributed by atoms with E-state index in [4.69, 9.17) is 0 Å². The van der Waals surface area contributed by atoms with Crippen molar-refractivity contribution in [3.05, 3.63) is 0 Å². The molecule has 2 fully saturated rings. The number of hydrogen-bond donors (Lipinski definition) is 2. The van der Waals surface area contributed by atoms with Crippen LogP contribution in [0.5, 0.6) is 0 Å².